The number of amides is 1. The maximum atomic E-state index is 13.5. The van der Waals surface area contributed by atoms with Crippen LogP contribution in [-0.4, -0.2) is 10.5 Å². The second-order valence-corrected chi connectivity index (χ2v) is 5.99. The van der Waals surface area contributed by atoms with Gasteiger partial charge in [-0.1, -0.05) is 6.07 Å². The molecule has 1 N–H and O–H groups in total. The third-order valence-electron chi connectivity index (χ3n) is 3.87. The van der Waals surface area contributed by atoms with Crippen LogP contribution in [0.15, 0.2) is 53.3 Å². The van der Waals surface area contributed by atoms with Crippen molar-refractivity contribution in [1.29, 1.82) is 0 Å². The first-order valence-electron chi connectivity index (χ1n) is 7.78. The highest BCUT2D eigenvalue weighted by Crippen LogP contribution is 2.18. The summed E-state index contributed by atoms with van der Waals surface area (Å²) in [5, 5.41) is 3.34. The van der Waals surface area contributed by atoms with Gasteiger partial charge < -0.3 is 9.88 Å². The molecule has 0 aliphatic carbocycles. The van der Waals surface area contributed by atoms with E-state index in [0.717, 1.165) is 6.07 Å². The summed E-state index contributed by atoms with van der Waals surface area (Å²) in [6.07, 6.45) is 0. The SMILES string of the molecule is CC(C)n1c(C(=O)Nc2ccc(F)cc2)cc2ccc(F)cc2c1=O. The molecule has 0 bridgehead atoms. The maximum Gasteiger partial charge on any atom is 0.272 e. The van der Waals surface area contributed by atoms with Crippen molar-refractivity contribution in [2.75, 3.05) is 5.32 Å². The van der Waals surface area contributed by atoms with Crippen LogP contribution >= 0.6 is 0 Å². The Bertz CT molecular complexity index is 1010. The number of pyridine rings is 1. The Balaban J connectivity index is 2.12. The summed E-state index contributed by atoms with van der Waals surface area (Å²) < 4.78 is 27.8. The molecular formula is C19H16F2N2O2. The zero-order valence-electron chi connectivity index (χ0n) is 13.7. The van der Waals surface area contributed by atoms with Gasteiger partial charge >= 0.3 is 0 Å². The molecule has 0 aliphatic heterocycles. The molecule has 0 atom stereocenters. The fourth-order valence-electron chi connectivity index (χ4n) is 2.71. The monoisotopic (exact) mass is 342 g/mol. The van der Waals surface area contributed by atoms with E-state index >= 15 is 0 Å². The fourth-order valence-corrected chi connectivity index (χ4v) is 2.71. The number of hydrogen-bond donors (Lipinski definition) is 1. The zero-order valence-corrected chi connectivity index (χ0v) is 13.7. The van der Waals surface area contributed by atoms with Gasteiger partial charge in [0.25, 0.3) is 11.5 Å². The standard InChI is InChI=1S/C19H16F2N2O2/c1-11(2)23-17(18(24)22-15-7-5-13(20)6-8-15)9-12-3-4-14(21)10-16(12)19(23)25/h3-11H,1-2H3,(H,22,24). The average molecular weight is 342 g/mol. The van der Waals surface area contributed by atoms with Crippen molar-refractivity contribution in [3.8, 4) is 0 Å². The largest absolute Gasteiger partial charge is 0.321 e. The molecular weight excluding hydrogens is 326 g/mol. The fraction of sp³-hybridized carbons (Fsp3) is 0.158. The Morgan fingerprint density at radius 2 is 1.64 bits per heavy atom. The van der Waals surface area contributed by atoms with Crippen LogP contribution in [0.3, 0.4) is 0 Å². The van der Waals surface area contributed by atoms with Crippen LogP contribution in [0.4, 0.5) is 14.5 Å². The van der Waals surface area contributed by atoms with Crippen LogP contribution in [0.1, 0.15) is 30.4 Å². The molecule has 0 saturated heterocycles. The Kier molecular flexibility index (Phi) is 4.35. The number of carbonyl (C=O) groups is 1. The molecule has 1 heterocycles. The second-order valence-electron chi connectivity index (χ2n) is 5.99. The van der Waals surface area contributed by atoms with Crippen LogP contribution in [0.2, 0.25) is 0 Å². The van der Waals surface area contributed by atoms with Gasteiger partial charge in [0, 0.05) is 11.7 Å². The molecule has 4 nitrogen and oxygen atoms in total. The molecule has 3 aromatic rings. The van der Waals surface area contributed by atoms with Gasteiger partial charge in [0.15, 0.2) is 0 Å². The summed E-state index contributed by atoms with van der Waals surface area (Å²) in [7, 11) is 0. The quantitative estimate of drug-likeness (QED) is 0.779. The molecule has 128 valence electrons. The van der Waals surface area contributed by atoms with Gasteiger partial charge in [-0.3, -0.25) is 9.59 Å². The Labute approximate surface area is 142 Å². The Morgan fingerprint density at radius 1 is 1.00 bits per heavy atom. The van der Waals surface area contributed by atoms with E-state index < -0.39 is 23.1 Å². The molecule has 1 amide bonds. The molecule has 0 spiro atoms. The summed E-state index contributed by atoms with van der Waals surface area (Å²) in [4.78, 5) is 25.4. The van der Waals surface area contributed by atoms with Gasteiger partial charge in [-0.25, -0.2) is 8.78 Å². The molecule has 0 unspecified atom stereocenters. The molecule has 0 radical (unpaired) electrons. The smallest absolute Gasteiger partial charge is 0.272 e. The van der Waals surface area contributed by atoms with E-state index in [1.54, 1.807) is 19.9 Å². The molecule has 2 aromatic carbocycles. The lowest BCUT2D eigenvalue weighted by Crippen LogP contribution is -2.30. The summed E-state index contributed by atoms with van der Waals surface area (Å²) >= 11 is 0. The number of nitrogens with one attached hydrogen (secondary N) is 1. The summed E-state index contributed by atoms with van der Waals surface area (Å²) in [5.41, 5.74) is 0.132. The lowest BCUT2D eigenvalue weighted by Gasteiger charge is -2.17. The van der Waals surface area contributed by atoms with Crippen molar-refractivity contribution in [2.45, 2.75) is 19.9 Å². The minimum Gasteiger partial charge on any atom is -0.321 e. The van der Waals surface area contributed by atoms with Crippen molar-refractivity contribution in [1.82, 2.24) is 4.57 Å². The number of rotatable bonds is 3. The molecule has 25 heavy (non-hydrogen) atoms. The number of halogens is 2. The predicted octanol–water partition coefficient (Wildman–Crippen LogP) is 4.11. The maximum absolute atomic E-state index is 13.5. The van der Waals surface area contributed by atoms with Crippen molar-refractivity contribution in [3.63, 3.8) is 0 Å². The first-order chi connectivity index (χ1) is 11.9. The molecule has 0 fully saturated rings. The Hall–Kier alpha value is -3.02. The van der Waals surface area contributed by atoms with Gasteiger partial charge in [-0.05, 0) is 61.7 Å². The lowest BCUT2D eigenvalue weighted by molar-refractivity contribution is 0.101. The average Bonchev–Trinajstić information content (AvgIpc) is 2.57. The topological polar surface area (TPSA) is 51.1 Å². The van der Waals surface area contributed by atoms with E-state index in [4.69, 9.17) is 0 Å². The van der Waals surface area contributed by atoms with E-state index in [0.29, 0.717) is 11.1 Å². The highest BCUT2D eigenvalue weighted by Gasteiger charge is 2.18. The van der Waals surface area contributed by atoms with Crippen LogP contribution in [0.5, 0.6) is 0 Å². The highest BCUT2D eigenvalue weighted by atomic mass is 19.1. The van der Waals surface area contributed by atoms with E-state index in [2.05, 4.69) is 5.32 Å². The molecule has 1 aromatic heterocycles. The third-order valence-corrected chi connectivity index (χ3v) is 3.87. The number of fused-ring (bicyclic) bond motifs is 1. The van der Waals surface area contributed by atoms with Crippen molar-refractivity contribution < 1.29 is 13.6 Å². The van der Waals surface area contributed by atoms with Gasteiger partial charge in [-0.15, -0.1) is 0 Å². The number of anilines is 1. The minimum absolute atomic E-state index is 0.156. The molecule has 6 heteroatoms. The normalized spacial score (nSPS) is 11.1. The number of aromatic nitrogens is 1. The minimum atomic E-state index is -0.511. The van der Waals surface area contributed by atoms with E-state index in [9.17, 15) is 18.4 Å². The molecule has 0 aliphatic rings. The van der Waals surface area contributed by atoms with Crippen LogP contribution in [0, 0.1) is 11.6 Å². The van der Waals surface area contributed by atoms with E-state index in [1.807, 2.05) is 0 Å². The van der Waals surface area contributed by atoms with Crippen molar-refractivity contribution in [2.24, 2.45) is 0 Å². The zero-order chi connectivity index (χ0) is 18.1. The van der Waals surface area contributed by atoms with Crippen LogP contribution in [-0.2, 0) is 0 Å². The van der Waals surface area contributed by atoms with Gasteiger partial charge in [-0.2, -0.15) is 0 Å². The third kappa shape index (κ3) is 3.28. The van der Waals surface area contributed by atoms with Gasteiger partial charge in [0.05, 0.1) is 5.39 Å². The first-order valence-corrected chi connectivity index (χ1v) is 7.78. The highest BCUT2D eigenvalue weighted by molar-refractivity contribution is 6.05. The molecule has 0 saturated carbocycles. The Morgan fingerprint density at radius 3 is 2.28 bits per heavy atom. The second kappa shape index (κ2) is 6.47. The number of hydrogen-bond acceptors (Lipinski definition) is 2. The van der Waals surface area contributed by atoms with Gasteiger partial charge in [0.1, 0.15) is 17.3 Å². The number of benzene rings is 2. The summed E-state index contributed by atoms with van der Waals surface area (Å²) in [6.45, 7) is 3.53. The summed E-state index contributed by atoms with van der Waals surface area (Å²) in [6, 6.07) is 10.4. The van der Waals surface area contributed by atoms with Crippen molar-refractivity contribution >= 4 is 22.4 Å². The van der Waals surface area contributed by atoms with E-state index in [1.165, 1.54) is 41.0 Å². The molecule has 3 rings (SSSR count). The van der Waals surface area contributed by atoms with Crippen LogP contribution < -0.4 is 10.9 Å². The summed E-state index contributed by atoms with van der Waals surface area (Å²) in [5.74, 6) is -1.42. The number of carbonyl (C=O) groups excluding carboxylic acids is 1. The number of nitrogens with zero attached hydrogens (tertiary/aromatic N) is 1. The van der Waals surface area contributed by atoms with Crippen LogP contribution in [0.25, 0.3) is 10.8 Å². The first kappa shape index (κ1) is 16.8. The van der Waals surface area contributed by atoms with Crippen molar-refractivity contribution in [3.05, 3.63) is 76.2 Å². The lowest BCUT2D eigenvalue weighted by atomic mass is 10.1. The predicted molar refractivity (Wildman–Crippen MR) is 92.9 cm³/mol. The van der Waals surface area contributed by atoms with E-state index in [-0.39, 0.29) is 17.1 Å². The van der Waals surface area contributed by atoms with Gasteiger partial charge in [0.2, 0.25) is 0 Å².